The van der Waals surface area contributed by atoms with Crippen LogP contribution in [0.3, 0.4) is 0 Å². The lowest BCUT2D eigenvalue weighted by atomic mass is 10.1. The zero-order chi connectivity index (χ0) is 17.5. The Bertz CT molecular complexity index is 910. The van der Waals surface area contributed by atoms with Crippen LogP contribution in [0.5, 0.6) is 0 Å². The van der Waals surface area contributed by atoms with Crippen molar-refractivity contribution in [1.29, 1.82) is 0 Å². The Hall–Kier alpha value is -2.08. The van der Waals surface area contributed by atoms with Gasteiger partial charge in [-0.1, -0.05) is 30.0 Å². The number of para-hydroxylation sites is 1. The fourth-order valence-electron chi connectivity index (χ4n) is 2.63. The Balaban J connectivity index is 1.99. The number of pyridine rings is 1. The van der Waals surface area contributed by atoms with Gasteiger partial charge in [0.25, 0.3) is 0 Å². The van der Waals surface area contributed by atoms with Gasteiger partial charge in [0.1, 0.15) is 0 Å². The molecule has 0 aliphatic carbocycles. The van der Waals surface area contributed by atoms with Gasteiger partial charge in [-0.05, 0) is 52.3 Å². The van der Waals surface area contributed by atoms with Crippen LogP contribution in [0.15, 0.2) is 35.5 Å². The number of hydrogen-bond acceptors (Lipinski definition) is 4. The van der Waals surface area contributed by atoms with E-state index in [4.69, 9.17) is 0 Å². The molecule has 1 N–H and O–H groups in total. The number of aryl methyl sites for hydroxylation is 1. The molecule has 1 atom stereocenters. The second-order valence-corrected chi connectivity index (χ2v) is 8.33. The fraction of sp³-hybridized carbons (Fsp3) is 0.389. The van der Waals surface area contributed by atoms with E-state index in [-0.39, 0.29) is 16.7 Å². The summed E-state index contributed by atoms with van der Waals surface area (Å²) in [5.41, 5.74) is 2.78. The third kappa shape index (κ3) is 3.24. The van der Waals surface area contributed by atoms with Crippen LogP contribution in [-0.4, -0.2) is 31.3 Å². The molecule has 1 aromatic carbocycles. The first-order valence-electron chi connectivity index (χ1n) is 7.98. The largest absolute Gasteiger partial charge is 0.351 e. The first-order valence-corrected chi connectivity index (χ1v) is 8.86. The number of carbonyl (C=O) groups is 1. The molecule has 0 aliphatic rings. The van der Waals surface area contributed by atoms with Gasteiger partial charge in [0.05, 0.1) is 10.8 Å². The minimum absolute atomic E-state index is 0.000618. The van der Waals surface area contributed by atoms with Gasteiger partial charge in [0, 0.05) is 10.9 Å². The smallest absolute Gasteiger partial charge is 0.233 e. The van der Waals surface area contributed by atoms with E-state index >= 15 is 0 Å². The van der Waals surface area contributed by atoms with Crippen LogP contribution in [0, 0.1) is 6.92 Å². The van der Waals surface area contributed by atoms with E-state index < -0.39 is 0 Å². The summed E-state index contributed by atoms with van der Waals surface area (Å²) in [4.78, 5) is 12.3. The molecule has 0 spiro atoms. The zero-order valence-electron chi connectivity index (χ0n) is 14.6. The molecule has 24 heavy (non-hydrogen) atoms. The van der Waals surface area contributed by atoms with Crippen molar-refractivity contribution < 1.29 is 4.79 Å². The Morgan fingerprint density at radius 3 is 2.67 bits per heavy atom. The van der Waals surface area contributed by atoms with E-state index in [9.17, 15) is 4.79 Å². The van der Waals surface area contributed by atoms with E-state index in [1.165, 1.54) is 22.7 Å². The lowest BCUT2D eigenvalue weighted by Gasteiger charge is -2.22. The Morgan fingerprint density at radius 2 is 1.96 bits per heavy atom. The zero-order valence-corrected chi connectivity index (χ0v) is 15.4. The SMILES string of the molecule is Cc1cc2nnc(S[C@H](C)C(=O)NC(C)(C)C)n2c2ccccc12. The van der Waals surface area contributed by atoms with Crippen molar-refractivity contribution in [2.75, 3.05) is 0 Å². The van der Waals surface area contributed by atoms with Crippen molar-refractivity contribution in [2.24, 2.45) is 0 Å². The highest BCUT2D eigenvalue weighted by atomic mass is 32.2. The highest BCUT2D eigenvalue weighted by molar-refractivity contribution is 8.00. The average Bonchev–Trinajstić information content (AvgIpc) is 2.88. The number of benzene rings is 1. The summed E-state index contributed by atoms with van der Waals surface area (Å²) in [5, 5.41) is 13.2. The number of nitrogens with zero attached hydrogens (tertiary/aromatic N) is 3. The van der Waals surface area contributed by atoms with E-state index in [1.54, 1.807) is 0 Å². The van der Waals surface area contributed by atoms with Gasteiger partial charge in [0.15, 0.2) is 10.8 Å². The number of carbonyl (C=O) groups excluding carboxylic acids is 1. The summed E-state index contributed by atoms with van der Waals surface area (Å²) in [7, 11) is 0. The van der Waals surface area contributed by atoms with Crippen LogP contribution in [0.25, 0.3) is 16.6 Å². The minimum atomic E-state index is -0.253. The lowest BCUT2D eigenvalue weighted by molar-refractivity contribution is -0.121. The van der Waals surface area contributed by atoms with Crippen LogP contribution < -0.4 is 5.32 Å². The fourth-order valence-corrected chi connectivity index (χ4v) is 3.50. The standard InChI is InChI=1S/C18H22N4OS/c1-11-10-15-20-21-17(22(15)14-9-7-6-8-13(11)14)24-12(2)16(23)19-18(3,4)5/h6-10,12H,1-5H3,(H,19,23)/t12-/m1/s1. The maximum Gasteiger partial charge on any atom is 0.233 e. The van der Waals surface area contributed by atoms with Crippen molar-refractivity contribution in [3.8, 4) is 0 Å². The van der Waals surface area contributed by atoms with Crippen molar-refractivity contribution >= 4 is 34.2 Å². The second kappa shape index (κ2) is 6.09. The normalized spacial score (nSPS) is 13.4. The number of nitrogens with one attached hydrogen (secondary N) is 1. The maximum atomic E-state index is 12.3. The Morgan fingerprint density at radius 1 is 1.25 bits per heavy atom. The summed E-state index contributed by atoms with van der Waals surface area (Å²) >= 11 is 1.43. The van der Waals surface area contributed by atoms with Gasteiger partial charge in [0.2, 0.25) is 5.91 Å². The highest BCUT2D eigenvalue weighted by Crippen LogP contribution is 2.28. The highest BCUT2D eigenvalue weighted by Gasteiger charge is 2.22. The van der Waals surface area contributed by atoms with Crippen LogP contribution in [0.4, 0.5) is 0 Å². The molecular weight excluding hydrogens is 320 g/mol. The van der Waals surface area contributed by atoms with Gasteiger partial charge in [-0.3, -0.25) is 9.20 Å². The topological polar surface area (TPSA) is 59.3 Å². The molecule has 1 amide bonds. The number of rotatable bonds is 3. The number of hydrogen-bond donors (Lipinski definition) is 1. The van der Waals surface area contributed by atoms with E-state index in [0.717, 1.165) is 16.3 Å². The number of fused-ring (bicyclic) bond motifs is 3. The van der Waals surface area contributed by atoms with Gasteiger partial charge < -0.3 is 5.32 Å². The molecule has 0 aliphatic heterocycles. The molecule has 2 heterocycles. The molecule has 6 heteroatoms. The average molecular weight is 342 g/mol. The summed E-state index contributed by atoms with van der Waals surface area (Å²) in [6.07, 6.45) is 0. The van der Waals surface area contributed by atoms with Gasteiger partial charge in [-0.2, -0.15) is 0 Å². The molecule has 0 bridgehead atoms. The van der Waals surface area contributed by atoms with E-state index in [0.29, 0.717) is 0 Å². The summed E-state index contributed by atoms with van der Waals surface area (Å²) < 4.78 is 2.02. The lowest BCUT2D eigenvalue weighted by Crippen LogP contribution is -2.44. The maximum absolute atomic E-state index is 12.3. The number of amides is 1. The predicted octanol–water partition coefficient (Wildman–Crippen LogP) is 3.59. The quantitative estimate of drug-likeness (QED) is 0.739. The van der Waals surface area contributed by atoms with Crippen molar-refractivity contribution in [2.45, 2.75) is 50.6 Å². The Kier molecular flexibility index (Phi) is 4.25. The second-order valence-electron chi connectivity index (χ2n) is 7.02. The van der Waals surface area contributed by atoms with Crippen molar-refractivity contribution in [1.82, 2.24) is 19.9 Å². The van der Waals surface area contributed by atoms with Gasteiger partial charge in [-0.25, -0.2) is 0 Å². The molecule has 0 saturated carbocycles. The summed E-state index contributed by atoms with van der Waals surface area (Å²) in [6, 6.07) is 10.2. The first kappa shape index (κ1) is 16.8. The van der Waals surface area contributed by atoms with Crippen molar-refractivity contribution in [3.63, 3.8) is 0 Å². The monoisotopic (exact) mass is 342 g/mol. The molecule has 5 nitrogen and oxygen atoms in total. The van der Waals surface area contributed by atoms with Crippen LogP contribution in [0.1, 0.15) is 33.3 Å². The summed E-state index contributed by atoms with van der Waals surface area (Å²) in [5.74, 6) is 0.000618. The molecule has 126 valence electrons. The molecular formula is C18H22N4OS. The van der Waals surface area contributed by atoms with Crippen molar-refractivity contribution in [3.05, 3.63) is 35.9 Å². The first-order chi connectivity index (χ1) is 11.3. The van der Waals surface area contributed by atoms with Crippen LogP contribution >= 0.6 is 11.8 Å². The summed E-state index contributed by atoms with van der Waals surface area (Å²) in [6.45, 7) is 9.90. The van der Waals surface area contributed by atoms with Crippen LogP contribution in [-0.2, 0) is 4.79 Å². The molecule has 0 unspecified atom stereocenters. The molecule has 3 aromatic rings. The minimum Gasteiger partial charge on any atom is -0.351 e. The number of thioether (sulfide) groups is 1. The van der Waals surface area contributed by atoms with Gasteiger partial charge in [-0.15, -0.1) is 10.2 Å². The Labute approximate surface area is 145 Å². The third-order valence-corrected chi connectivity index (χ3v) is 4.77. The molecule has 0 saturated heterocycles. The van der Waals surface area contributed by atoms with Gasteiger partial charge >= 0.3 is 0 Å². The van der Waals surface area contributed by atoms with E-state index in [2.05, 4.69) is 34.6 Å². The number of aromatic nitrogens is 3. The van der Waals surface area contributed by atoms with Crippen LogP contribution in [0.2, 0.25) is 0 Å². The molecule has 2 aromatic heterocycles. The molecule has 0 radical (unpaired) electrons. The predicted molar refractivity (Wildman–Crippen MR) is 98.4 cm³/mol. The third-order valence-electron chi connectivity index (χ3n) is 3.72. The van der Waals surface area contributed by atoms with E-state index in [1.807, 2.05) is 50.3 Å². The molecule has 0 fully saturated rings. The molecule has 3 rings (SSSR count).